The number of hydrogen-bond donors (Lipinski definition) is 1. The zero-order chi connectivity index (χ0) is 15.4. The highest BCUT2D eigenvalue weighted by Gasteiger charge is 2.34. The van der Waals surface area contributed by atoms with E-state index in [4.69, 9.17) is 11.6 Å². The Morgan fingerprint density at radius 2 is 2.05 bits per heavy atom. The second-order valence-corrected chi connectivity index (χ2v) is 7.09. The van der Waals surface area contributed by atoms with Crippen molar-refractivity contribution in [2.75, 3.05) is 0 Å². The number of hydrogen-bond acceptors (Lipinski definition) is 1. The van der Waals surface area contributed by atoms with E-state index in [-0.39, 0.29) is 11.2 Å². The Kier molecular flexibility index (Phi) is 3.38. The molecule has 0 amide bonds. The van der Waals surface area contributed by atoms with Gasteiger partial charge in [0.25, 0.3) is 0 Å². The molecule has 0 aliphatic heterocycles. The number of benzene rings is 1. The number of fused-ring (bicyclic) bond motifs is 1. The fourth-order valence-corrected chi connectivity index (χ4v) is 3.54. The smallest absolute Gasteiger partial charge is 0.125 e. The molecule has 0 spiro atoms. The fourth-order valence-electron chi connectivity index (χ4n) is 3.34. The van der Waals surface area contributed by atoms with Gasteiger partial charge in [0.1, 0.15) is 5.82 Å². The Hall–Kier alpha value is -1.32. The van der Waals surface area contributed by atoms with E-state index in [1.54, 1.807) is 6.07 Å². The minimum absolute atomic E-state index is 0.00869. The van der Waals surface area contributed by atoms with Gasteiger partial charge in [-0.1, -0.05) is 25.4 Å². The number of aliphatic hydroxyl groups is 1. The average Bonchev–Trinajstić information content (AvgIpc) is 2.68. The lowest BCUT2D eigenvalue weighted by molar-refractivity contribution is 0.0987. The standard InChI is InChI=1S/C17H19ClFNO/c1-10-6-12-15(8-17(2,3)9-16(12)21)20(10)14-7-11(19)4-5-13(14)18/h4-7,16,21H,8-9H2,1-3H3. The van der Waals surface area contributed by atoms with Crippen LogP contribution < -0.4 is 0 Å². The molecular weight excluding hydrogens is 289 g/mol. The third-order valence-corrected chi connectivity index (χ3v) is 4.54. The number of nitrogens with zero attached hydrogens (tertiary/aromatic N) is 1. The number of aliphatic hydroxyl groups excluding tert-OH is 1. The molecule has 112 valence electrons. The molecule has 1 aromatic carbocycles. The highest BCUT2D eigenvalue weighted by molar-refractivity contribution is 6.32. The van der Waals surface area contributed by atoms with Crippen LogP contribution in [0.5, 0.6) is 0 Å². The molecule has 0 saturated heterocycles. The summed E-state index contributed by atoms with van der Waals surface area (Å²) in [4.78, 5) is 0. The third-order valence-electron chi connectivity index (χ3n) is 4.22. The normalized spacial score (nSPS) is 20.4. The highest BCUT2D eigenvalue weighted by atomic mass is 35.5. The molecule has 1 aliphatic rings. The van der Waals surface area contributed by atoms with Gasteiger partial charge in [0.05, 0.1) is 16.8 Å². The van der Waals surface area contributed by atoms with E-state index in [0.717, 1.165) is 29.8 Å². The molecule has 0 fully saturated rings. The molecule has 1 unspecified atom stereocenters. The van der Waals surface area contributed by atoms with Gasteiger partial charge in [0, 0.05) is 17.0 Å². The Bertz CT molecular complexity index is 705. The molecule has 2 nitrogen and oxygen atoms in total. The van der Waals surface area contributed by atoms with Gasteiger partial charge in [-0.2, -0.15) is 0 Å². The van der Waals surface area contributed by atoms with E-state index in [0.29, 0.717) is 10.7 Å². The van der Waals surface area contributed by atoms with E-state index in [1.807, 2.05) is 17.6 Å². The summed E-state index contributed by atoms with van der Waals surface area (Å²) in [6.45, 7) is 6.23. The van der Waals surface area contributed by atoms with Gasteiger partial charge in [-0.3, -0.25) is 0 Å². The van der Waals surface area contributed by atoms with Crippen LogP contribution in [0.15, 0.2) is 24.3 Å². The Morgan fingerprint density at radius 1 is 1.33 bits per heavy atom. The quantitative estimate of drug-likeness (QED) is 0.819. The van der Waals surface area contributed by atoms with Crippen molar-refractivity contribution in [3.8, 4) is 5.69 Å². The van der Waals surface area contributed by atoms with Crippen molar-refractivity contribution < 1.29 is 9.50 Å². The molecule has 3 rings (SSSR count). The van der Waals surface area contributed by atoms with Crippen molar-refractivity contribution in [2.45, 2.75) is 39.7 Å². The fraction of sp³-hybridized carbons (Fsp3) is 0.412. The lowest BCUT2D eigenvalue weighted by Gasteiger charge is -2.34. The molecule has 2 aromatic rings. The zero-order valence-corrected chi connectivity index (χ0v) is 13.2. The first-order valence-electron chi connectivity index (χ1n) is 7.13. The van der Waals surface area contributed by atoms with E-state index >= 15 is 0 Å². The van der Waals surface area contributed by atoms with Gasteiger partial charge in [-0.25, -0.2) is 4.39 Å². The van der Waals surface area contributed by atoms with Crippen LogP contribution in [0.3, 0.4) is 0 Å². The minimum atomic E-state index is -0.476. The van der Waals surface area contributed by atoms with E-state index in [1.165, 1.54) is 12.1 Å². The molecule has 4 heteroatoms. The maximum absolute atomic E-state index is 13.6. The average molecular weight is 308 g/mol. The van der Waals surface area contributed by atoms with Gasteiger partial charge in [0.15, 0.2) is 0 Å². The summed E-state index contributed by atoms with van der Waals surface area (Å²) in [7, 11) is 0. The van der Waals surface area contributed by atoms with Crippen LogP contribution in [0, 0.1) is 18.2 Å². The lowest BCUT2D eigenvalue weighted by atomic mass is 9.75. The maximum Gasteiger partial charge on any atom is 0.125 e. The first-order valence-corrected chi connectivity index (χ1v) is 7.51. The highest BCUT2D eigenvalue weighted by Crippen LogP contribution is 2.43. The van der Waals surface area contributed by atoms with Gasteiger partial charge in [-0.15, -0.1) is 0 Å². The summed E-state index contributed by atoms with van der Waals surface area (Å²) >= 11 is 6.26. The van der Waals surface area contributed by atoms with Crippen molar-refractivity contribution >= 4 is 11.6 Å². The van der Waals surface area contributed by atoms with Crippen LogP contribution in [0.2, 0.25) is 5.02 Å². The zero-order valence-electron chi connectivity index (χ0n) is 12.5. The van der Waals surface area contributed by atoms with Crippen molar-refractivity contribution in [1.29, 1.82) is 0 Å². The summed E-state index contributed by atoms with van der Waals surface area (Å²) in [5, 5.41) is 10.9. The number of halogens is 2. The van der Waals surface area contributed by atoms with Crippen molar-refractivity contribution in [3.63, 3.8) is 0 Å². The Balaban J connectivity index is 2.23. The van der Waals surface area contributed by atoms with Gasteiger partial charge in [-0.05, 0) is 49.4 Å². The predicted octanol–water partition coefficient (Wildman–Crippen LogP) is 4.58. The largest absolute Gasteiger partial charge is 0.388 e. The van der Waals surface area contributed by atoms with E-state index in [2.05, 4.69) is 13.8 Å². The lowest BCUT2D eigenvalue weighted by Crippen LogP contribution is -2.26. The van der Waals surface area contributed by atoms with Crippen LogP contribution in [0.1, 0.15) is 43.3 Å². The molecule has 1 atom stereocenters. The van der Waals surface area contributed by atoms with Crippen molar-refractivity contribution in [2.24, 2.45) is 5.41 Å². The van der Waals surface area contributed by atoms with Crippen LogP contribution in [0.25, 0.3) is 5.69 Å². The Morgan fingerprint density at radius 3 is 2.76 bits per heavy atom. The molecule has 0 bridgehead atoms. The number of aromatic nitrogens is 1. The SMILES string of the molecule is Cc1cc2c(n1-c1cc(F)ccc1Cl)CC(C)(C)CC2O. The number of aryl methyl sites for hydroxylation is 1. The minimum Gasteiger partial charge on any atom is -0.388 e. The van der Waals surface area contributed by atoms with E-state index < -0.39 is 6.10 Å². The predicted molar refractivity (Wildman–Crippen MR) is 82.5 cm³/mol. The maximum atomic E-state index is 13.6. The summed E-state index contributed by atoms with van der Waals surface area (Å²) in [6.07, 6.45) is 1.09. The third kappa shape index (κ3) is 2.49. The molecule has 0 radical (unpaired) electrons. The van der Waals surface area contributed by atoms with Crippen molar-refractivity contribution in [1.82, 2.24) is 4.57 Å². The van der Waals surface area contributed by atoms with Crippen LogP contribution >= 0.6 is 11.6 Å². The van der Waals surface area contributed by atoms with E-state index in [9.17, 15) is 9.50 Å². The molecule has 21 heavy (non-hydrogen) atoms. The topological polar surface area (TPSA) is 25.2 Å². The van der Waals surface area contributed by atoms with Crippen molar-refractivity contribution in [3.05, 3.63) is 52.1 Å². The molecule has 1 heterocycles. The van der Waals surface area contributed by atoms with Crippen LogP contribution in [-0.4, -0.2) is 9.67 Å². The van der Waals surface area contributed by atoms with Crippen LogP contribution in [0.4, 0.5) is 4.39 Å². The van der Waals surface area contributed by atoms with Gasteiger partial charge in [0.2, 0.25) is 0 Å². The second kappa shape index (κ2) is 4.85. The summed E-state index contributed by atoms with van der Waals surface area (Å²) in [5.41, 5.74) is 3.58. The molecule has 1 N–H and O–H groups in total. The Labute approximate surface area is 129 Å². The summed E-state index contributed by atoms with van der Waals surface area (Å²) in [6, 6.07) is 6.36. The first-order chi connectivity index (χ1) is 9.78. The summed E-state index contributed by atoms with van der Waals surface area (Å²) < 4.78 is 15.6. The number of rotatable bonds is 1. The van der Waals surface area contributed by atoms with Gasteiger partial charge >= 0.3 is 0 Å². The van der Waals surface area contributed by atoms with Gasteiger partial charge < -0.3 is 9.67 Å². The molecule has 1 aliphatic carbocycles. The monoisotopic (exact) mass is 307 g/mol. The first kappa shape index (κ1) is 14.6. The van der Waals surface area contributed by atoms with Crippen LogP contribution in [-0.2, 0) is 6.42 Å². The molecule has 1 aromatic heterocycles. The molecule has 0 saturated carbocycles. The summed E-state index contributed by atoms with van der Waals surface area (Å²) in [5.74, 6) is -0.313. The second-order valence-electron chi connectivity index (χ2n) is 6.68. The molecular formula is C17H19ClFNO.